The van der Waals surface area contributed by atoms with Gasteiger partial charge in [-0.05, 0) is 44.5 Å². The fourth-order valence-corrected chi connectivity index (χ4v) is 4.37. The number of rotatable bonds is 18. The molecule has 0 bridgehead atoms. The summed E-state index contributed by atoms with van der Waals surface area (Å²) in [7, 11) is 4.93. The molecule has 2 rings (SSSR count). The number of benzene rings is 1. The Labute approximate surface area is 220 Å². The van der Waals surface area contributed by atoms with Crippen LogP contribution in [0.4, 0.5) is 0 Å². The summed E-state index contributed by atoms with van der Waals surface area (Å²) in [6.45, 7) is 6.55. The molecule has 36 heavy (non-hydrogen) atoms. The standard InChI is InChI=1S/C28H42N3O4S/c1-23(32)36-20-10-7-15-30-17-16-29-14-6-9-19-31-18-8-5-11-24(31)12-13-26-27(34-3)21-25(33-2)22-28(26)35-4/h5,8,11-13,18,21-22,29-30H,6-7,9-10,14-17,19-20H2,1-4H3/q+1/b13-12+. The van der Waals surface area contributed by atoms with E-state index in [1.807, 2.05) is 18.2 Å². The van der Waals surface area contributed by atoms with Crippen LogP contribution in [0.5, 0.6) is 17.2 Å². The number of hydrogen-bond donors (Lipinski definition) is 2. The molecule has 1 aromatic carbocycles. The molecule has 2 aromatic rings. The van der Waals surface area contributed by atoms with Crippen LogP contribution in [0.15, 0.2) is 36.5 Å². The van der Waals surface area contributed by atoms with Gasteiger partial charge in [-0.2, -0.15) is 4.57 Å². The van der Waals surface area contributed by atoms with Crippen LogP contribution in [-0.2, 0) is 11.3 Å². The second-order valence-corrected chi connectivity index (χ2v) is 9.62. The lowest BCUT2D eigenvalue weighted by molar-refractivity contribution is -0.699. The van der Waals surface area contributed by atoms with Crippen LogP contribution in [0.2, 0.25) is 0 Å². The molecule has 0 saturated heterocycles. The van der Waals surface area contributed by atoms with Crippen LogP contribution >= 0.6 is 11.8 Å². The highest BCUT2D eigenvalue weighted by atomic mass is 32.2. The van der Waals surface area contributed by atoms with Crippen molar-refractivity contribution in [2.45, 2.75) is 39.2 Å². The number of thioether (sulfide) groups is 1. The molecule has 0 unspecified atom stereocenters. The largest absolute Gasteiger partial charge is 0.496 e. The number of methoxy groups -OCH3 is 3. The van der Waals surface area contributed by atoms with Crippen molar-refractivity contribution >= 4 is 29.0 Å². The smallest absolute Gasteiger partial charge is 0.205 e. The van der Waals surface area contributed by atoms with E-state index in [1.54, 1.807) is 28.3 Å². The van der Waals surface area contributed by atoms with Gasteiger partial charge in [0.05, 0.1) is 26.9 Å². The molecule has 1 heterocycles. The van der Waals surface area contributed by atoms with Gasteiger partial charge in [-0.25, -0.2) is 0 Å². The van der Waals surface area contributed by atoms with Crippen molar-refractivity contribution in [3.63, 3.8) is 0 Å². The quantitative estimate of drug-likeness (QED) is 0.227. The summed E-state index contributed by atoms with van der Waals surface area (Å²) in [6.07, 6.45) is 10.7. The molecule has 0 saturated carbocycles. The van der Waals surface area contributed by atoms with E-state index in [2.05, 4.69) is 45.7 Å². The van der Waals surface area contributed by atoms with Crippen LogP contribution < -0.4 is 29.4 Å². The number of nitrogens with one attached hydrogen (secondary N) is 2. The first kappa shape index (κ1) is 29.7. The maximum absolute atomic E-state index is 10.9. The number of hydrogen-bond acceptors (Lipinski definition) is 7. The molecule has 8 heteroatoms. The lowest BCUT2D eigenvalue weighted by atomic mass is 10.1. The van der Waals surface area contributed by atoms with Gasteiger partial charge < -0.3 is 24.8 Å². The number of unbranched alkanes of at least 4 members (excludes halogenated alkanes) is 2. The number of nitrogens with zero attached hydrogens (tertiary/aromatic N) is 1. The Morgan fingerprint density at radius 3 is 2.17 bits per heavy atom. The fraction of sp³-hybridized carbons (Fsp3) is 0.500. The van der Waals surface area contributed by atoms with Gasteiger partial charge in [0.2, 0.25) is 5.69 Å². The maximum Gasteiger partial charge on any atom is 0.205 e. The van der Waals surface area contributed by atoms with Gasteiger partial charge in [0.15, 0.2) is 11.3 Å². The predicted molar refractivity (Wildman–Crippen MR) is 149 cm³/mol. The van der Waals surface area contributed by atoms with E-state index in [4.69, 9.17) is 14.2 Å². The summed E-state index contributed by atoms with van der Waals surface area (Å²) in [5, 5.41) is 7.18. The van der Waals surface area contributed by atoms with Gasteiger partial charge in [0, 0.05) is 62.5 Å². The van der Waals surface area contributed by atoms with Crippen molar-refractivity contribution in [1.29, 1.82) is 0 Å². The Bertz CT molecular complexity index is 927. The zero-order valence-electron chi connectivity index (χ0n) is 22.2. The van der Waals surface area contributed by atoms with Gasteiger partial charge >= 0.3 is 0 Å². The normalized spacial score (nSPS) is 11.1. The Hall–Kier alpha value is -2.55. The van der Waals surface area contributed by atoms with Gasteiger partial charge in [-0.1, -0.05) is 11.8 Å². The third-order valence-electron chi connectivity index (χ3n) is 5.68. The summed E-state index contributed by atoms with van der Waals surface area (Å²) in [5.74, 6) is 3.03. The molecule has 0 atom stereocenters. The molecule has 0 aliphatic carbocycles. The number of ether oxygens (including phenoxy) is 3. The molecule has 0 spiro atoms. The third-order valence-corrected chi connectivity index (χ3v) is 6.58. The highest BCUT2D eigenvalue weighted by molar-refractivity contribution is 8.13. The molecule has 0 radical (unpaired) electrons. The third kappa shape index (κ3) is 11.0. The molecule has 0 aliphatic heterocycles. The lowest BCUT2D eigenvalue weighted by Crippen LogP contribution is -2.36. The highest BCUT2D eigenvalue weighted by Gasteiger charge is 2.12. The van der Waals surface area contributed by atoms with E-state index in [0.717, 1.165) is 75.4 Å². The second-order valence-electron chi connectivity index (χ2n) is 8.35. The van der Waals surface area contributed by atoms with Crippen LogP contribution in [0.25, 0.3) is 12.2 Å². The Morgan fingerprint density at radius 1 is 0.889 bits per heavy atom. The summed E-state index contributed by atoms with van der Waals surface area (Å²) >= 11 is 1.42. The molecule has 2 N–H and O–H groups in total. The molecule has 1 aromatic heterocycles. The molecular weight excluding hydrogens is 474 g/mol. The molecule has 0 fully saturated rings. The summed E-state index contributed by atoms with van der Waals surface area (Å²) in [5.41, 5.74) is 2.00. The predicted octanol–water partition coefficient (Wildman–Crippen LogP) is 4.19. The van der Waals surface area contributed by atoms with Crippen molar-refractivity contribution in [1.82, 2.24) is 10.6 Å². The molecule has 198 valence electrons. The minimum atomic E-state index is 0.209. The zero-order valence-corrected chi connectivity index (χ0v) is 23.0. The van der Waals surface area contributed by atoms with Gasteiger partial charge in [-0.15, -0.1) is 0 Å². The first-order valence-electron chi connectivity index (χ1n) is 12.6. The van der Waals surface area contributed by atoms with Crippen LogP contribution in [0.1, 0.15) is 43.9 Å². The van der Waals surface area contributed by atoms with E-state index in [0.29, 0.717) is 17.2 Å². The van der Waals surface area contributed by atoms with Crippen molar-refractivity contribution < 1.29 is 23.6 Å². The van der Waals surface area contributed by atoms with Gasteiger partial charge in [-0.3, -0.25) is 4.79 Å². The summed E-state index contributed by atoms with van der Waals surface area (Å²) in [4.78, 5) is 10.9. The molecule has 0 aliphatic rings. The SMILES string of the molecule is COc1cc(OC)c(/C=C/c2cccc[n+]2CCCCNCCNCCCCSC(C)=O)c(OC)c1. The number of aromatic nitrogens is 1. The topological polar surface area (TPSA) is 72.7 Å². The molecule has 0 amide bonds. The van der Waals surface area contributed by atoms with E-state index in [1.165, 1.54) is 11.8 Å². The van der Waals surface area contributed by atoms with Gasteiger partial charge in [0.25, 0.3) is 0 Å². The number of carbonyl (C=O) groups excluding carboxylic acids is 1. The van der Waals surface area contributed by atoms with E-state index in [9.17, 15) is 4.79 Å². The van der Waals surface area contributed by atoms with Crippen molar-refractivity contribution in [2.24, 2.45) is 0 Å². The monoisotopic (exact) mass is 516 g/mol. The van der Waals surface area contributed by atoms with E-state index in [-0.39, 0.29) is 5.12 Å². The van der Waals surface area contributed by atoms with Crippen molar-refractivity contribution in [3.8, 4) is 17.2 Å². The zero-order chi connectivity index (χ0) is 26.0. The Balaban J connectivity index is 1.74. The number of aryl methyl sites for hydroxylation is 1. The number of pyridine rings is 1. The first-order chi connectivity index (χ1) is 17.6. The van der Waals surface area contributed by atoms with Crippen molar-refractivity contribution in [3.05, 3.63) is 47.8 Å². The van der Waals surface area contributed by atoms with Crippen molar-refractivity contribution in [2.75, 3.05) is 53.3 Å². The average molecular weight is 517 g/mol. The minimum Gasteiger partial charge on any atom is -0.496 e. The average Bonchev–Trinajstić information content (AvgIpc) is 2.89. The molecular formula is C28H42N3O4S+. The second kappa shape index (κ2) is 17.8. The van der Waals surface area contributed by atoms with Gasteiger partial charge in [0.1, 0.15) is 23.8 Å². The first-order valence-corrected chi connectivity index (χ1v) is 13.6. The van der Waals surface area contributed by atoms with Crippen LogP contribution in [0.3, 0.4) is 0 Å². The summed E-state index contributed by atoms with van der Waals surface area (Å²) < 4.78 is 18.7. The lowest BCUT2D eigenvalue weighted by Gasteiger charge is -2.12. The highest BCUT2D eigenvalue weighted by Crippen LogP contribution is 2.35. The van der Waals surface area contributed by atoms with E-state index < -0.39 is 0 Å². The van der Waals surface area contributed by atoms with E-state index >= 15 is 0 Å². The Kier molecular flexibility index (Phi) is 14.7. The Morgan fingerprint density at radius 2 is 1.56 bits per heavy atom. The fourth-order valence-electron chi connectivity index (χ4n) is 3.74. The number of carbonyl (C=O) groups is 1. The summed E-state index contributed by atoms with van der Waals surface area (Å²) in [6, 6.07) is 9.95. The van der Waals surface area contributed by atoms with Crippen LogP contribution in [-0.4, -0.2) is 58.4 Å². The van der Waals surface area contributed by atoms with Crippen LogP contribution in [0, 0.1) is 0 Å². The maximum atomic E-state index is 10.9. The minimum absolute atomic E-state index is 0.209. The molecule has 7 nitrogen and oxygen atoms in total.